The van der Waals surface area contributed by atoms with E-state index in [-0.39, 0.29) is 30.7 Å². The van der Waals surface area contributed by atoms with E-state index in [4.69, 9.17) is 4.74 Å². The SMILES string of the molecule is Cc1cccc(CCCNCC(O)c2cc(O)cc3c2OCC(=O)N3)c1.Cl. The van der Waals surface area contributed by atoms with Crippen LogP contribution in [0, 0.1) is 6.92 Å². The van der Waals surface area contributed by atoms with Gasteiger partial charge in [0, 0.05) is 18.2 Å². The minimum absolute atomic E-state index is 0. The van der Waals surface area contributed by atoms with E-state index in [9.17, 15) is 15.0 Å². The number of aliphatic hydroxyl groups is 1. The van der Waals surface area contributed by atoms with Crippen molar-refractivity contribution in [2.75, 3.05) is 25.0 Å². The van der Waals surface area contributed by atoms with E-state index >= 15 is 0 Å². The molecule has 146 valence electrons. The summed E-state index contributed by atoms with van der Waals surface area (Å²) in [7, 11) is 0. The quantitative estimate of drug-likeness (QED) is 0.544. The molecule has 7 heteroatoms. The summed E-state index contributed by atoms with van der Waals surface area (Å²) in [5.74, 6) is 0.109. The Morgan fingerprint density at radius 2 is 2.11 bits per heavy atom. The predicted molar refractivity (Wildman–Crippen MR) is 107 cm³/mol. The lowest BCUT2D eigenvalue weighted by Crippen LogP contribution is -2.28. The monoisotopic (exact) mass is 392 g/mol. The van der Waals surface area contributed by atoms with E-state index in [1.807, 2.05) is 0 Å². The first-order chi connectivity index (χ1) is 12.5. The number of aryl methyl sites for hydroxylation is 2. The molecule has 0 radical (unpaired) electrons. The molecule has 0 aliphatic carbocycles. The fourth-order valence-electron chi connectivity index (χ4n) is 3.09. The predicted octanol–water partition coefficient (Wildman–Crippen LogP) is 2.71. The van der Waals surface area contributed by atoms with Gasteiger partial charge in [-0.1, -0.05) is 29.8 Å². The van der Waals surface area contributed by atoms with Crippen LogP contribution in [0.3, 0.4) is 0 Å². The number of anilines is 1. The number of phenols is 1. The molecule has 1 unspecified atom stereocenters. The van der Waals surface area contributed by atoms with Gasteiger partial charge in [0.15, 0.2) is 6.61 Å². The number of aromatic hydroxyl groups is 1. The zero-order valence-electron chi connectivity index (χ0n) is 15.2. The summed E-state index contributed by atoms with van der Waals surface area (Å²) in [5, 5.41) is 26.1. The van der Waals surface area contributed by atoms with Gasteiger partial charge in [-0.25, -0.2) is 0 Å². The lowest BCUT2D eigenvalue weighted by molar-refractivity contribution is -0.118. The van der Waals surface area contributed by atoms with Gasteiger partial charge in [-0.2, -0.15) is 0 Å². The number of halogens is 1. The summed E-state index contributed by atoms with van der Waals surface area (Å²) in [6.45, 7) is 3.09. The first-order valence-electron chi connectivity index (χ1n) is 8.77. The maximum atomic E-state index is 11.4. The highest BCUT2D eigenvalue weighted by atomic mass is 35.5. The molecule has 6 nitrogen and oxygen atoms in total. The Hall–Kier alpha value is -2.28. The normalized spacial score (nSPS) is 13.8. The molecule has 0 aromatic heterocycles. The molecule has 0 saturated heterocycles. The number of rotatable bonds is 7. The topological polar surface area (TPSA) is 90.8 Å². The molecular formula is C20H25ClN2O4. The Labute approximate surface area is 165 Å². The molecule has 1 heterocycles. The number of ether oxygens (including phenoxy) is 1. The number of hydrogen-bond donors (Lipinski definition) is 4. The maximum absolute atomic E-state index is 11.4. The maximum Gasteiger partial charge on any atom is 0.262 e. The zero-order valence-corrected chi connectivity index (χ0v) is 16.0. The number of carbonyl (C=O) groups is 1. The van der Waals surface area contributed by atoms with Crippen LogP contribution in [0.5, 0.6) is 11.5 Å². The molecule has 0 fully saturated rings. The van der Waals surface area contributed by atoms with Crippen LogP contribution in [0.2, 0.25) is 0 Å². The van der Waals surface area contributed by atoms with Crippen LogP contribution in [0.4, 0.5) is 5.69 Å². The van der Waals surface area contributed by atoms with Crippen LogP contribution in [0.15, 0.2) is 36.4 Å². The number of phenolic OH excluding ortho intramolecular Hbond substituents is 1. The van der Waals surface area contributed by atoms with Gasteiger partial charge in [-0.3, -0.25) is 4.79 Å². The third kappa shape index (κ3) is 5.60. The summed E-state index contributed by atoms with van der Waals surface area (Å²) < 4.78 is 5.43. The number of aliphatic hydroxyl groups excluding tert-OH is 1. The molecule has 1 aliphatic heterocycles. The lowest BCUT2D eigenvalue weighted by Gasteiger charge is -2.23. The second-order valence-electron chi connectivity index (χ2n) is 6.56. The highest BCUT2D eigenvalue weighted by Gasteiger charge is 2.24. The summed E-state index contributed by atoms with van der Waals surface area (Å²) >= 11 is 0. The van der Waals surface area contributed by atoms with E-state index in [0.717, 1.165) is 19.4 Å². The van der Waals surface area contributed by atoms with Crippen LogP contribution in [-0.2, 0) is 11.2 Å². The van der Waals surface area contributed by atoms with Gasteiger partial charge in [-0.15, -0.1) is 12.4 Å². The smallest absolute Gasteiger partial charge is 0.262 e. The molecule has 2 aromatic carbocycles. The Morgan fingerprint density at radius 1 is 1.30 bits per heavy atom. The number of fused-ring (bicyclic) bond motifs is 1. The molecule has 0 bridgehead atoms. The highest BCUT2D eigenvalue weighted by molar-refractivity contribution is 5.96. The number of nitrogens with one attached hydrogen (secondary N) is 2. The van der Waals surface area contributed by atoms with E-state index in [0.29, 0.717) is 23.5 Å². The van der Waals surface area contributed by atoms with Gasteiger partial charge >= 0.3 is 0 Å². The van der Waals surface area contributed by atoms with Gasteiger partial charge in [0.1, 0.15) is 11.5 Å². The summed E-state index contributed by atoms with van der Waals surface area (Å²) in [6.07, 6.45) is 1.09. The van der Waals surface area contributed by atoms with Gasteiger partial charge in [0.25, 0.3) is 5.91 Å². The van der Waals surface area contributed by atoms with Crippen molar-refractivity contribution in [3.05, 3.63) is 53.1 Å². The fourth-order valence-corrected chi connectivity index (χ4v) is 3.09. The Bertz CT molecular complexity index is 798. The van der Waals surface area contributed by atoms with Gasteiger partial charge < -0.3 is 25.6 Å². The number of amides is 1. The minimum atomic E-state index is -0.843. The van der Waals surface area contributed by atoms with Crippen LogP contribution >= 0.6 is 12.4 Å². The molecule has 1 aliphatic rings. The lowest BCUT2D eigenvalue weighted by atomic mass is 10.0. The van der Waals surface area contributed by atoms with Crippen LogP contribution in [0.25, 0.3) is 0 Å². The van der Waals surface area contributed by atoms with Crippen molar-refractivity contribution < 1.29 is 19.7 Å². The number of hydrogen-bond acceptors (Lipinski definition) is 5. The molecule has 1 amide bonds. The Morgan fingerprint density at radius 3 is 2.89 bits per heavy atom. The number of carbonyl (C=O) groups excluding carboxylic acids is 1. The Balaban J connectivity index is 0.00000261. The van der Waals surface area contributed by atoms with Gasteiger partial charge in [0.2, 0.25) is 0 Å². The van der Waals surface area contributed by atoms with Crippen molar-refractivity contribution in [3.8, 4) is 11.5 Å². The Kier molecular flexibility index (Phi) is 7.47. The van der Waals surface area contributed by atoms with Gasteiger partial charge in [-0.05, 0) is 37.9 Å². The van der Waals surface area contributed by atoms with Crippen molar-refractivity contribution in [2.24, 2.45) is 0 Å². The average molecular weight is 393 g/mol. The first-order valence-corrected chi connectivity index (χ1v) is 8.77. The molecule has 3 rings (SSSR count). The second-order valence-corrected chi connectivity index (χ2v) is 6.56. The summed E-state index contributed by atoms with van der Waals surface area (Å²) in [6, 6.07) is 11.3. The van der Waals surface area contributed by atoms with Crippen molar-refractivity contribution in [1.29, 1.82) is 0 Å². The standard InChI is InChI=1S/C20H24N2O4.ClH/c1-13-4-2-5-14(8-13)6-3-7-21-11-18(24)16-9-15(23)10-17-20(16)26-12-19(25)22-17;/h2,4-5,8-10,18,21,23-24H,3,6-7,11-12H2,1H3,(H,22,25);1H. The van der Waals surface area contributed by atoms with Crippen LogP contribution < -0.4 is 15.4 Å². The first kappa shape index (κ1) is 21.0. The van der Waals surface area contributed by atoms with Crippen molar-refractivity contribution >= 4 is 24.0 Å². The van der Waals surface area contributed by atoms with Crippen molar-refractivity contribution in [2.45, 2.75) is 25.9 Å². The van der Waals surface area contributed by atoms with E-state index < -0.39 is 6.10 Å². The third-order valence-electron chi connectivity index (χ3n) is 4.32. The molecule has 2 aromatic rings. The minimum Gasteiger partial charge on any atom is -0.508 e. The summed E-state index contributed by atoms with van der Waals surface area (Å²) in [4.78, 5) is 11.4. The fraction of sp³-hybridized carbons (Fsp3) is 0.350. The molecule has 0 spiro atoms. The van der Waals surface area contributed by atoms with E-state index in [2.05, 4.69) is 41.8 Å². The molecule has 27 heavy (non-hydrogen) atoms. The van der Waals surface area contributed by atoms with Crippen molar-refractivity contribution in [3.63, 3.8) is 0 Å². The van der Waals surface area contributed by atoms with Crippen LogP contribution in [-0.4, -0.2) is 35.8 Å². The molecule has 4 N–H and O–H groups in total. The third-order valence-corrected chi connectivity index (χ3v) is 4.32. The van der Waals surface area contributed by atoms with Crippen LogP contribution in [0.1, 0.15) is 29.2 Å². The molecule has 1 atom stereocenters. The largest absolute Gasteiger partial charge is 0.508 e. The molecular weight excluding hydrogens is 368 g/mol. The molecule has 0 saturated carbocycles. The average Bonchev–Trinajstić information content (AvgIpc) is 2.60. The summed E-state index contributed by atoms with van der Waals surface area (Å²) in [5.41, 5.74) is 3.41. The second kappa shape index (κ2) is 9.60. The van der Waals surface area contributed by atoms with E-state index in [1.54, 1.807) is 0 Å². The number of benzene rings is 2. The van der Waals surface area contributed by atoms with Crippen molar-refractivity contribution in [1.82, 2.24) is 5.32 Å². The van der Waals surface area contributed by atoms with E-state index in [1.165, 1.54) is 23.3 Å². The highest BCUT2D eigenvalue weighted by Crippen LogP contribution is 2.38. The zero-order chi connectivity index (χ0) is 18.5. The van der Waals surface area contributed by atoms with Gasteiger partial charge in [0.05, 0.1) is 11.8 Å².